The molecule has 0 unspecified atom stereocenters. The summed E-state index contributed by atoms with van der Waals surface area (Å²) in [5.74, 6) is 1.22. The fourth-order valence-corrected chi connectivity index (χ4v) is 3.76. The lowest BCUT2D eigenvalue weighted by atomic mass is 10.2. The van der Waals surface area contributed by atoms with Gasteiger partial charge in [-0.1, -0.05) is 12.1 Å². The molecule has 0 atom stereocenters. The number of carbonyl (C=O) groups excluding carboxylic acids is 2. The van der Waals surface area contributed by atoms with Crippen molar-refractivity contribution >= 4 is 11.8 Å². The summed E-state index contributed by atoms with van der Waals surface area (Å²) >= 11 is 0. The molecule has 1 saturated carbocycles. The molecule has 9 heteroatoms. The van der Waals surface area contributed by atoms with Gasteiger partial charge in [-0.25, -0.2) is 4.98 Å². The number of likely N-dealkylation sites (N-methyl/N-ethyl adjacent to an activating group) is 1. The Balaban J connectivity index is 1.43. The van der Waals surface area contributed by atoms with E-state index in [-0.39, 0.29) is 24.3 Å². The minimum absolute atomic E-state index is 0.191. The van der Waals surface area contributed by atoms with Crippen LogP contribution in [0.25, 0.3) is 0 Å². The summed E-state index contributed by atoms with van der Waals surface area (Å²) in [6, 6.07) is 12.4. The van der Waals surface area contributed by atoms with Gasteiger partial charge in [-0.05, 0) is 43.2 Å². The molecule has 0 spiro atoms. The molecule has 5 rings (SSSR count). The van der Waals surface area contributed by atoms with Gasteiger partial charge in [0.1, 0.15) is 17.9 Å². The van der Waals surface area contributed by atoms with Crippen molar-refractivity contribution in [1.82, 2.24) is 25.0 Å². The van der Waals surface area contributed by atoms with Crippen molar-refractivity contribution in [2.24, 2.45) is 0 Å². The molecule has 0 bridgehead atoms. The molecule has 2 aliphatic rings. The van der Waals surface area contributed by atoms with Crippen LogP contribution in [0.1, 0.15) is 45.3 Å². The number of pyridine rings is 1. The van der Waals surface area contributed by atoms with Crippen molar-refractivity contribution in [3.63, 3.8) is 0 Å². The highest BCUT2D eigenvalue weighted by atomic mass is 16.5. The zero-order valence-corrected chi connectivity index (χ0v) is 18.4. The van der Waals surface area contributed by atoms with Crippen molar-refractivity contribution in [2.75, 3.05) is 33.3 Å². The molecule has 9 nitrogen and oxygen atoms in total. The molecule has 0 saturated heterocycles. The van der Waals surface area contributed by atoms with Gasteiger partial charge in [0.2, 0.25) is 5.88 Å². The van der Waals surface area contributed by atoms with E-state index in [0.717, 1.165) is 18.5 Å². The van der Waals surface area contributed by atoms with Crippen molar-refractivity contribution in [2.45, 2.75) is 18.8 Å². The molecule has 3 aromatic rings. The number of hydrogen-bond donors (Lipinski definition) is 1. The lowest BCUT2D eigenvalue weighted by molar-refractivity contribution is 0.0665. The standard InChI is InChI=1S/C24H25N5O4/c1-28-11-12-29(24(31)19-15-18(26-27-19)16-8-9-16)13-14-32-20-6-2-3-7-21(20)33-22-17(23(28)30)5-4-10-25-22/h2-7,10,15-16H,8-9,11-14H2,1H3,(H,26,27). The summed E-state index contributed by atoms with van der Waals surface area (Å²) in [7, 11) is 1.70. The van der Waals surface area contributed by atoms with Gasteiger partial charge in [0.05, 0.1) is 6.54 Å². The molecule has 1 aromatic carbocycles. The molecule has 3 heterocycles. The SMILES string of the molecule is CN1CCN(C(=O)c2cc(C3CC3)[nH]n2)CCOc2ccccc2Oc2ncccc2C1=O. The number of fused-ring (bicyclic) bond motifs is 2. The number of hydrogen-bond acceptors (Lipinski definition) is 6. The average Bonchev–Trinajstić information content (AvgIpc) is 3.57. The first kappa shape index (κ1) is 21.0. The second-order valence-electron chi connectivity index (χ2n) is 8.26. The number of aromatic amines is 1. The van der Waals surface area contributed by atoms with Crippen LogP contribution < -0.4 is 9.47 Å². The third-order valence-electron chi connectivity index (χ3n) is 5.85. The summed E-state index contributed by atoms with van der Waals surface area (Å²) in [5, 5.41) is 7.22. The van der Waals surface area contributed by atoms with Gasteiger partial charge in [-0.2, -0.15) is 5.10 Å². The van der Waals surface area contributed by atoms with E-state index in [0.29, 0.717) is 48.3 Å². The number of carbonyl (C=O) groups is 2. The molecule has 2 amide bonds. The largest absolute Gasteiger partial charge is 0.488 e. The highest BCUT2D eigenvalue weighted by molar-refractivity contribution is 5.96. The first-order valence-electron chi connectivity index (χ1n) is 11.0. The smallest absolute Gasteiger partial charge is 0.274 e. The number of nitrogens with one attached hydrogen (secondary N) is 1. The third kappa shape index (κ3) is 4.52. The molecule has 33 heavy (non-hydrogen) atoms. The van der Waals surface area contributed by atoms with Crippen LogP contribution in [0.5, 0.6) is 17.4 Å². The fourth-order valence-electron chi connectivity index (χ4n) is 3.76. The Morgan fingerprint density at radius 2 is 1.91 bits per heavy atom. The van der Waals surface area contributed by atoms with Gasteiger partial charge in [-0.3, -0.25) is 14.7 Å². The zero-order chi connectivity index (χ0) is 22.8. The number of H-pyrrole nitrogens is 1. The monoisotopic (exact) mass is 447 g/mol. The molecular formula is C24H25N5O4. The van der Waals surface area contributed by atoms with Crippen LogP contribution in [0, 0.1) is 0 Å². The van der Waals surface area contributed by atoms with E-state index in [1.165, 1.54) is 0 Å². The average molecular weight is 447 g/mol. The first-order valence-corrected chi connectivity index (χ1v) is 11.0. The number of nitrogens with zero attached hydrogens (tertiary/aromatic N) is 4. The molecule has 1 fully saturated rings. The first-order chi connectivity index (χ1) is 16.1. The summed E-state index contributed by atoms with van der Waals surface area (Å²) < 4.78 is 11.9. The van der Waals surface area contributed by atoms with Gasteiger partial charge in [0.15, 0.2) is 11.5 Å². The number of benzene rings is 1. The fraction of sp³-hybridized carbons (Fsp3) is 0.333. The highest BCUT2D eigenvalue weighted by Crippen LogP contribution is 2.39. The van der Waals surface area contributed by atoms with Crippen molar-refractivity contribution in [1.29, 1.82) is 0 Å². The van der Waals surface area contributed by atoms with Gasteiger partial charge in [0, 0.05) is 37.9 Å². The minimum Gasteiger partial charge on any atom is -0.488 e. The Labute approximate surface area is 191 Å². The van der Waals surface area contributed by atoms with Gasteiger partial charge in [0.25, 0.3) is 11.8 Å². The quantitative estimate of drug-likeness (QED) is 0.648. The van der Waals surface area contributed by atoms with Crippen LogP contribution in [-0.2, 0) is 0 Å². The Hall–Kier alpha value is -3.88. The molecule has 0 radical (unpaired) electrons. The number of ether oxygens (including phenoxy) is 2. The van der Waals surface area contributed by atoms with Crippen molar-refractivity contribution in [3.8, 4) is 17.4 Å². The number of rotatable bonds is 2. The second-order valence-corrected chi connectivity index (χ2v) is 8.26. The topological polar surface area (TPSA) is 101 Å². The van der Waals surface area contributed by atoms with Crippen molar-refractivity contribution < 1.29 is 19.1 Å². The lowest BCUT2D eigenvalue weighted by Gasteiger charge is -2.25. The van der Waals surface area contributed by atoms with Crippen LogP contribution in [0.3, 0.4) is 0 Å². The Kier molecular flexibility index (Phi) is 5.68. The summed E-state index contributed by atoms with van der Waals surface area (Å²) in [4.78, 5) is 33.8. The minimum atomic E-state index is -0.237. The van der Waals surface area contributed by atoms with E-state index in [2.05, 4.69) is 15.2 Å². The van der Waals surface area contributed by atoms with Crippen LogP contribution in [0.2, 0.25) is 0 Å². The normalized spacial score (nSPS) is 16.9. The van der Waals surface area contributed by atoms with E-state index < -0.39 is 0 Å². The number of aromatic nitrogens is 3. The third-order valence-corrected chi connectivity index (χ3v) is 5.85. The lowest BCUT2D eigenvalue weighted by Crippen LogP contribution is -2.41. The second kappa shape index (κ2) is 8.93. The number of amides is 2. The van der Waals surface area contributed by atoms with Crippen molar-refractivity contribution in [3.05, 3.63) is 65.6 Å². The van der Waals surface area contributed by atoms with Crippen LogP contribution in [-0.4, -0.2) is 70.1 Å². The molecule has 1 aliphatic heterocycles. The van der Waals surface area contributed by atoms with Gasteiger partial charge >= 0.3 is 0 Å². The summed E-state index contributed by atoms with van der Waals surface area (Å²) in [5.41, 5.74) is 1.73. The van der Waals surface area contributed by atoms with E-state index in [1.54, 1.807) is 47.3 Å². The van der Waals surface area contributed by atoms with Gasteiger partial charge < -0.3 is 19.3 Å². The van der Waals surface area contributed by atoms with Gasteiger partial charge in [-0.15, -0.1) is 0 Å². The Bertz CT molecular complexity index is 1170. The molecule has 1 aliphatic carbocycles. The molecule has 1 N–H and O–H groups in total. The van der Waals surface area contributed by atoms with Crippen LogP contribution in [0.4, 0.5) is 0 Å². The molecular weight excluding hydrogens is 422 g/mol. The maximum absolute atomic E-state index is 13.2. The van der Waals surface area contributed by atoms with Crippen LogP contribution >= 0.6 is 0 Å². The summed E-state index contributed by atoms with van der Waals surface area (Å²) in [6.07, 6.45) is 3.82. The molecule has 2 aromatic heterocycles. The predicted molar refractivity (Wildman–Crippen MR) is 120 cm³/mol. The maximum atomic E-state index is 13.2. The van der Waals surface area contributed by atoms with E-state index in [1.807, 2.05) is 18.2 Å². The van der Waals surface area contributed by atoms with E-state index in [4.69, 9.17) is 9.47 Å². The molecule has 170 valence electrons. The summed E-state index contributed by atoms with van der Waals surface area (Å²) in [6.45, 7) is 1.28. The predicted octanol–water partition coefficient (Wildman–Crippen LogP) is 3.08. The van der Waals surface area contributed by atoms with E-state index in [9.17, 15) is 9.59 Å². The highest BCUT2D eigenvalue weighted by Gasteiger charge is 2.28. The Morgan fingerprint density at radius 1 is 1.09 bits per heavy atom. The number of para-hydroxylation sites is 2. The van der Waals surface area contributed by atoms with E-state index >= 15 is 0 Å². The Morgan fingerprint density at radius 3 is 2.73 bits per heavy atom. The maximum Gasteiger partial charge on any atom is 0.274 e. The zero-order valence-electron chi connectivity index (χ0n) is 18.4. The van der Waals surface area contributed by atoms with Crippen LogP contribution in [0.15, 0.2) is 48.7 Å².